The van der Waals surface area contributed by atoms with Crippen LogP contribution in [0.5, 0.6) is 0 Å². The molecule has 0 amide bonds. The molecule has 3 rings (SSSR count). The first-order valence-corrected chi connectivity index (χ1v) is 7.26. The van der Waals surface area contributed by atoms with Crippen LogP contribution in [0.1, 0.15) is 24.1 Å². The molecular weight excluding hydrogens is 320 g/mol. The molecular formula is C15H15BrN2O2. The Bertz CT molecular complexity index is 732. The summed E-state index contributed by atoms with van der Waals surface area (Å²) in [5, 5.41) is 11.2. The average Bonchev–Trinajstić information content (AvgIpc) is 3.03. The molecule has 5 heteroatoms. The van der Waals surface area contributed by atoms with Crippen molar-refractivity contribution in [1.29, 1.82) is 0 Å². The van der Waals surface area contributed by atoms with Gasteiger partial charge in [-0.15, -0.1) is 0 Å². The predicted molar refractivity (Wildman–Crippen MR) is 80.4 cm³/mol. The number of benzene rings is 1. The van der Waals surface area contributed by atoms with Crippen molar-refractivity contribution >= 4 is 26.9 Å². The Morgan fingerprint density at radius 2 is 2.30 bits per heavy atom. The van der Waals surface area contributed by atoms with Crippen molar-refractivity contribution in [2.45, 2.75) is 18.9 Å². The van der Waals surface area contributed by atoms with Gasteiger partial charge in [0.2, 0.25) is 0 Å². The van der Waals surface area contributed by atoms with E-state index in [0.717, 1.165) is 21.3 Å². The maximum Gasteiger partial charge on any atom is 0.148 e. The fraction of sp³-hybridized carbons (Fsp3) is 0.267. The molecule has 2 aromatic heterocycles. The first-order valence-electron chi connectivity index (χ1n) is 6.47. The summed E-state index contributed by atoms with van der Waals surface area (Å²) in [6.07, 6.45) is 4.34. The molecule has 0 aliphatic carbocycles. The Morgan fingerprint density at radius 3 is 3.00 bits per heavy atom. The van der Waals surface area contributed by atoms with Crippen LogP contribution in [0.4, 0.5) is 0 Å². The highest BCUT2D eigenvalue weighted by Gasteiger charge is 2.15. The number of halogens is 1. The fourth-order valence-corrected chi connectivity index (χ4v) is 2.72. The minimum atomic E-state index is -0.619. The van der Waals surface area contributed by atoms with Gasteiger partial charge in [0.1, 0.15) is 23.3 Å². The second-order valence-electron chi connectivity index (χ2n) is 4.82. The van der Waals surface area contributed by atoms with Crippen LogP contribution in [-0.2, 0) is 13.5 Å². The summed E-state index contributed by atoms with van der Waals surface area (Å²) >= 11 is 3.45. The number of aliphatic hydroxyl groups is 1. The number of hydrogen-bond donors (Lipinski definition) is 1. The molecule has 1 unspecified atom stereocenters. The maximum atomic E-state index is 10.3. The minimum absolute atomic E-state index is 0.586. The molecule has 4 nitrogen and oxygen atoms in total. The number of rotatable bonds is 4. The van der Waals surface area contributed by atoms with Crippen LogP contribution in [0.2, 0.25) is 0 Å². The largest absolute Gasteiger partial charge is 0.457 e. The minimum Gasteiger partial charge on any atom is -0.457 e. The highest BCUT2D eigenvalue weighted by Crippen LogP contribution is 2.30. The Kier molecular flexibility index (Phi) is 3.63. The zero-order chi connectivity index (χ0) is 14.1. The summed E-state index contributed by atoms with van der Waals surface area (Å²) in [6.45, 7) is 0. The van der Waals surface area contributed by atoms with E-state index >= 15 is 0 Å². The molecule has 1 aromatic carbocycles. The summed E-state index contributed by atoms with van der Waals surface area (Å²) in [6, 6.07) is 7.74. The predicted octanol–water partition coefficient (Wildman–Crippen LogP) is 3.60. The lowest BCUT2D eigenvalue weighted by molar-refractivity contribution is 0.142. The fourth-order valence-electron chi connectivity index (χ4n) is 2.26. The van der Waals surface area contributed by atoms with Crippen molar-refractivity contribution in [3.8, 4) is 0 Å². The van der Waals surface area contributed by atoms with Crippen molar-refractivity contribution in [3.63, 3.8) is 0 Å². The third-order valence-corrected chi connectivity index (χ3v) is 4.03. The van der Waals surface area contributed by atoms with E-state index in [4.69, 9.17) is 4.42 Å². The average molecular weight is 335 g/mol. The Labute approximate surface area is 125 Å². The lowest BCUT2D eigenvalue weighted by Gasteiger charge is -2.07. The van der Waals surface area contributed by atoms with Gasteiger partial charge in [-0.05, 0) is 34.5 Å². The molecule has 0 aliphatic rings. The number of nitrogens with zero attached hydrogens (tertiary/aromatic N) is 2. The third kappa shape index (κ3) is 2.51. The van der Waals surface area contributed by atoms with E-state index in [-0.39, 0.29) is 0 Å². The topological polar surface area (TPSA) is 51.2 Å². The monoisotopic (exact) mass is 334 g/mol. The van der Waals surface area contributed by atoms with E-state index in [2.05, 4.69) is 20.9 Å². The number of fused-ring (bicyclic) bond motifs is 1. The van der Waals surface area contributed by atoms with Crippen LogP contribution in [0.25, 0.3) is 11.0 Å². The smallest absolute Gasteiger partial charge is 0.148 e. The van der Waals surface area contributed by atoms with Crippen molar-refractivity contribution in [2.75, 3.05) is 0 Å². The molecule has 0 radical (unpaired) electrons. The molecule has 1 atom stereocenters. The molecule has 0 fully saturated rings. The molecule has 104 valence electrons. The second kappa shape index (κ2) is 5.42. The zero-order valence-corrected chi connectivity index (χ0v) is 12.7. The van der Waals surface area contributed by atoms with E-state index in [1.807, 2.05) is 42.1 Å². The van der Waals surface area contributed by atoms with Crippen LogP contribution in [0.3, 0.4) is 0 Å². The zero-order valence-electron chi connectivity index (χ0n) is 11.1. The van der Waals surface area contributed by atoms with Crippen LogP contribution in [0, 0.1) is 0 Å². The Balaban J connectivity index is 1.77. The van der Waals surface area contributed by atoms with E-state index in [9.17, 15) is 5.11 Å². The van der Waals surface area contributed by atoms with Crippen molar-refractivity contribution in [2.24, 2.45) is 7.05 Å². The summed E-state index contributed by atoms with van der Waals surface area (Å²) in [7, 11) is 1.95. The lowest BCUT2D eigenvalue weighted by Crippen LogP contribution is -2.02. The number of furan rings is 1. The quantitative estimate of drug-likeness (QED) is 0.793. The third-order valence-electron chi connectivity index (χ3n) is 3.41. The molecule has 20 heavy (non-hydrogen) atoms. The van der Waals surface area contributed by atoms with Gasteiger partial charge in [-0.25, -0.2) is 4.98 Å². The van der Waals surface area contributed by atoms with E-state index in [0.29, 0.717) is 18.6 Å². The molecule has 0 saturated carbocycles. The first kappa shape index (κ1) is 13.4. The molecule has 2 heterocycles. The summed E-state index contributed by atoms with van der Waals surface area (Å²) < 4.78 is 8.60. The van der Waals surface area contributed by atoms with Gasteiger partial charge in [0, 0.05) is 31.2 Å². The standard InChI is InChI=1S/C15H15BrN2O2/c1-18-8-7-17-14(18)6-5-12(19)13-9-10-3-2-4-11(16)15(10)20-13/h2-4,7-9,12,19H,5-6H2,1H3. The van der Waals surface area contributed by atoms with Gasteiger partial charge >= 0.3 is 0 Å². The molecule has 0 bridgehead atoms. The van der Waals surface area contributed by atoms with Crippen LogP contribution in [-0.4, -0.2) is 14.7 Å². The Hall–Kier alpha value is -1.59. The lowest BCUT2D eigenvalue weighted by atomic mass is 10.1. The van der Waals surface area contributed by atoms with Crippen molar-refractivity contribution < 1.29 is 9.52 Å². The van der Waals surface area contributed by atoms with Gasteiger partial charge < -0.3 is 14.1 Å². The van der Waals surface area contributed by atoms with Gasteiger partial charge in [-0.3, -0.25) is 0 Å². The summed E-state index contributed by atoms with van der Waals surface area (Å²) in [5.74, 6) is 1.56. The van der Waals surface area contributed by atoms with Gasteiger partial charge in [-0.1, -0.05) is 12.1 Å². The van der Waals surface area contributed by atoms with Crippen molar-refractivity contribution in [3.05, 3.63) is 52.7 Å². The molecule has 0 aliphatic heterocycles. The summed E-state index contributed by atoms with van der Waals surface area (Å²) in [4.78, 5) is 4.25. The van der Waals surface area contributed by atoms with Gasteiger partial charge in [0.05, 0.1) is 4.47 Å². The molecule has 0 spiro atoms. The van der Waals surface area contributed by atoms with Gasteiger partial charge in [-0.2, -0.15) is 0 Å². The number of para-hydroxylation sites is 1. The van der Waals surface area contributed by atoms with E-state index in [1.54, 1.807) is 6.20 Å². The van der Waals surface area contributed by atoms with E-state index in [1.165, 1.54) is 0 Å². The number of aromatic nitrogens is 2. The highest BCUT2D eigenvalue weighted by molar-refractivity contribution is 9.10. The molecule has 0 saturated heterocycles. The maximum absolute atomic E-state index is 10.3. The normalized spacial score (nSPS) is 12.9. The second-order valence-corrected chi connectivity index (χ2v) is 5.67. The van der Waals surface area contributed by atoms with E-state index < -0.39 is 6.10 Å². The Morgan fingerprint density at radius 1 is 1.45 bits per heavy atom. The number of aliphatic hydroxyl groups excluding tert-OH is 1. The first-order chi connectivity index (χ1) is 9.65. The van der Waals surface area contributed by atoms with Gasteiger partial charge in [0.15, 0.2) is 0 Å². The van der Waals surface area contributed by atoms with Gasteiger partial charge in [0.25, 0.3) is 0 Å². The number of imidazole rings is 1. The van der Waals surface area contributed by atoms with Crippen molar-refractivity contribution in [1.82, 2.24) is 9.55 Å². The molecule has 1 N–H and O–H groups in total. The molecule has 3 aromatic rings. The van der Waals surface area contributed by atoms with Crippen LogP contribution in [0.15, 0.2) is 45.5 Å². The number of hydrogen-bond acceptors (Lipinski definition) is 3. The SMILES string of the molecule is Cn1ccnc1CCC(O)c1cc2cccc(Br)c2o1. The van der Waals surface area contributed by atoms with Crippen LogP contribution >= 0.6 is 15.9 Å². The summed E-state index contributed by atoms with van der Waals surface area (Å²) in [5.41, 5.74) is 0.776. The van der Waals surface area contributed by atoms with Crippen LogP contribution < -0.4 is 0 Å². The highest BCUT2D eigenvalue weighted by atomic mass is 79.9. The number of aryl methyl sites for hydroxylation is 2.